The van der Waals surface area contributed by atoms with Crippen LogP contribution in [0.25, 0.3) is 0 Å². The van der Waals surface area contributed by atoms with Crippen molar-refractivity contribution in [1.82, 2.24) is 5.32 Å². The smallest absolute Gasteiger partial charge is 0.229 e. The van der Waals surface area contributed by atoms with Crippen LogP contribution in [0.4, 0.5) is 10.1 Å². The molecule has 0 spiro atoms. The highest BCUT2D eigenvalue weighted by atomic mass is 79.9. The zero-order valence-corrected chi connectivity index (χ0v) is 11.1. The third-order valence-corrected chi connectivity index (χ3v) is 3.74. The molecule has 17 heavy (non-hydrogen) atoms. The molecule has 92 valence electrons. The van der Waals surface area contributed by atoms with E-state index in [-0.39, 0.29) is 23.7 Å². The van der Waals surface area contributed by atoms with Crippen molar-refractivity contribution in [3.63, 3.8) is 0 Å². The Bertz CT molecular complexity index is 439. The van der Waals surface area contributed by atoms with Crippen LogP contribution in [0.5, 0.6) is 0 Å². The van der Waals surface area contributed by atoms with Gasteiger partial charge in [0.05, 0.1) is 11.6 Å². The van der Waals surface area contributed by atoms with E-state index in [9.17, 15) is 9.18 Å². The minimum Gasteiger partial charge on any atom is -0.325 e. The number of hydrogen-bond acceptors (Lipinski definition) is 2. The first-order valence-corrected chi connectivity index (χ1v) is 6.36. The van der Waals surface area contributed by atoms with Crippen molar-refractivity contribution >= 4 is 27.5 Å². The molecule has 1 aromatic carbocycles. The van der Waals surface area contributed by atoms with Gasteiger partial charge in [0.15, 0.2) is 0 Å². The van der Waals surface area contributed by atoms with Crippen molar-refractivity contribution in [3.8, 4) is 0 Å². The molecular formula is C12H14BrFN2O. The van der Waals surface area contributed by atoms with Crippen LogP contribution in [0.2, 0.25) is 0 Å². The van der Waals surface area contributed by atoms with Gasteiger partial charge < -0.3 is 10.6 Å². The lowest BCUT2D eigenvalue weighted by Gasteiger charge is -2.15. The molecule has 1 aliphatic rings. The highest BCUT2D eigenvalue weighted by molar-refractivity contribution is 9.10. The van der Waals surface area contributed by atoms with Gasteiger partial charge in [0, 0.05) is 10.5 Å². The Balaban J connectivity index is 2.10. The minimum atomic E-state index is -0.360. The van der Waals surface area contributed by atoms with Crippen LogP contribution in [-0.2, 0) is 4.79 Å². The van der Waals surface area contributed by atoms with Gasteiger partial charge in [-0.1, -0.05) is 0 Å². The Kier molecular flexibility index (Phi) is 3.79. The Morgan fingerprint density at radius 3 is 3.00 bits per heavy atom. The fraction of sp³-hybridized carbons (Fsp3) is 0.417. The van der Waals surface area contributed by atoms with E-state index in [4.69, 9.17) is 0 Å². The summed E-state index contributed by atoms with van der Waals surface area (Å²) in [4.78, 5) is 12.0. The second-order valence-corrected chi connectivity index (χ2v) is 5.11. The highest BCUT2D eigenvalue weighted by Gasteiger charge is 2.29. The summed E-state index contributed by atoms with van der Waals surface area (Å²) in [5.41, 5.74) is 0.481. The van der Waals surface area contributed by atoms with Gasteiger partial charge in [-0.3, -0.25) is 4.79 Å². The van der Waals surface area contributed by atoms with Crippen LogP contribution < -0.4 is 10.6 Å². The topological polar surface area (TPSA) is 41.1 Å². The number of amides is 1. The van der Waals surface area contributed by atoms with Crippen molar-refractivity contribution in [3.05, 3.63) is 28.5 Å². The van der Waals surface area contributed by atoms with Crippen LogP contribution in [0.15, 0.2) is 22.7 Å². The Morgan fingerprint density at radius 1 is 1.59 bits per heavy atom. The molecule has 0 bridgehead atoms. The number of carbonyl (C=O) groups is 1. The first-order chi connectivity index (χ1) is 8.08. The van der Waals surface area contributed by atoms with E-state index in [0.717, 1.165) is 13.0 Å². The van der Waals surface area contributed by atoms with E-state index in [1.807, 2.05) is 6.92 Å². The van der Waals surface area contributed by atoms with Crippen LogP contribution in [-0.4, -0.2) is 18.5 Å². The molecule has 5 heteroatoms. The monoisotopic (exact) mass is 300 g/mol. The van der Waals surface area contributed by atoms with E-state index >= 15 is 0 Å². The molecule has 0 aromatic heterocycles. The lowest BCUT2D eigenvalue weighted by atomic mass is 10.0. The maximum atomic E-state index is 13.1. The third kappa shape index (κ3) is 2.84. The number of benzene rings is 1. The van der Waals surface area contributed by atoms with Crippen molar-refractivity contribution < 1.29 is 9.18 Å². The maximum Gasteiger partial charge on any atom is 0.229 e. The molecule has 2 rings (SSSR count). The highest BCUT2D eigenvalue weighted by Crippen LogP contribution is 2.25. The van der Waals surface area contributed by atoms with E-state index in [1.54, 1.807) is 6.07 Å². The summed E-state index contributed by atoms with van der Waals surface area (Å²) in [6, 6.07) is 4.41. The van der Waals surface area contributed by atoms with E-state index in [0.29, 0.717) is 10.2 Å². The van der Waals surface area contributed by atoms with E-state index in [1.165, 1.54) is 12.1 Å². The van der Waals surface area contributed by atoms with Gasteiger partial charge in [0.2, 0.25) is 5.91 Å². The largest absolute Gasteiger partial charge is 0.325 e. The SMILES string of the molecule is CC1NCCC1C(=O)Nc1cc(F)ccc1Br. The van der Waals surface area contributed by atoms with E-state index < -0.39 is 0 Å². The molecule has 0 radical (unpaired) electrons. The minimum absolute atomic E-state index is 0.0508. The van der Waals surface area contributed by atoms with Gasteiger partial charge >= 0.3 is 0 Å². The van der Waals surface area contributed by atoms with Gasteiger partial charge in [-0.2, -0.15) is 0 Å². The molecule has 2 atom stereocenters. The zero-order chi connectivity index (χ0) is 12.4. The predicted octanol–water partition coefficient (Wildman–Crippen LogP) is 2.52. The number of halogens is 2. The Morgan fingerprint density at radius 2 is 2.35 bits per heavy atom. The fourth-order valence-electron chi connectivity index (χ4n) is 2.04. The van der Waals surface area contributed by atoms with Crippen molar-refractivity contribution in [2.45, 2.75) is 19.4 Å². The summed E-state index contributed by atoms with van der Waals surface area (Å²) in [5.74, 6) is -0.472. The first-order valence-electron chi connectivity index (χ1n) is 5.57. The number of rotatable bonds is 2. The van der Waals surface area contributed by atoms with Crippen molar-refractivity contribution in [2.24, 2.45) is 5.92 Å². The van der Waals surface area contributed by atoms with Crippen LogP contribution in [0, 0.1) is 11.7 Å². The second kappa shape index (κ2) is 5.14. The molecule has 1 saturated heterocycles. The molecule has 0 saturated carbocycles. The molecule has 1 aliphatic heterocycles. The number of hydrogen-bond donors (Lipinski definition) is 2. The fourth-order valence-corrected chi connectivity index (χ4v) is 2.38. The predicted molar refractivity (Wildman–Crippen MR) is 68.3 cm³/mol. The summed E-state index contributed by atoms with van der Waals surface area (Å²) in [7, 11) is 0. The number of nitrogens with one attached hydrogen (secondary N) is 2. The Hall–Kier alpha value is -0.940. The molecule has 1 heterocycles. The van der Waals surface area contributed by atoms with Crippen molar-refractivity contribution in [2.75, 3.05) is 11.9 Å². The van der Waals surface area contributed by atoms with Gasteiger partial charge in [-0.25, -0.2) is 4.39 Å². The quantitative estimate of drug-likeness (QED) is 0.881. The van der Waals surface area contributed by atoms with Gasteiger partial charge in [0.1, 0.15) is 5.82 Å². The van der Waals surface area contributed by atoms with Gasteiger partial charge in [-0.05, 0) is 54.0 Å². The molecule has 1 aromatic rings. The molecule has 3 nitrogen and oxygen atoms in total. The van der Waals surface area contributed by atoms with Crippen LogP contribution in [0.3, 0.4) is 0 Å². The number of anilines is 1. The summed E-state index contributed by atoms with van der Waals surface area (Å²) in [5, 5.41) is 5.97. The summed E-state index contributed by atoms with van der Waals surface area (Å²) >= 11 is 3.29. The Labute approximate surface area is 108 Å². The zero-order valence-electron chi connectivity index (χ0n) is 9.47. The summed E-state index contributed by atoms with van der Waals surface area (Å²) in [6.07, 6.45) is 0.819. The average molecular weight is 301 g/mol. The molecule has 2 unspecified atom stereocenters. The lowest BCUT2D eigenvalue weighted by Crippen LogP contribution is -2.32. The number of carbonyl (C=O) groups excluding carboxylic acids is 1. The van der Waals surface area contributed by atoms with Crippen LogP contribution >= 0.6 is 15.9 Å². The summed E-state index contributed by atoms with van der Waals surface area (Å²) < 4.78 is 13.8. The normalized spacial score (nSPS) is 23.7. The molecule has 1 amide bonds. The standard InChI is InChI=1S/C12H14BrFN2O/c1-7-9(4-5-15-7)12(17)16-11-6-8(14)2-3-10(11)13/h2-3,6-7,9,15H,4-5H2,1H3,(H,16,17). The van der Waals surface area contributed by atoms with Gasteiger partial charge in [0.25, 0.3) is 0 Å². The maximum absolute atomic E-state index is 13.1. The van der Waals surface area contributed by atoms with Gasteiger partial charge in [-0.15, -0.1) is 0 Å². The molecule has 1 fully saturated rings. The molecule has 0 aliphatic carbocycles. The first kappa shape index (κ1) is 12.5. The second-order valence-electron chi connectivity index (χ2n) is 4.25. The molecular weight excluding hydrogens is 287 g/mol. The third-order valence-electron chi connectivity index (χ3n) is 3.05. The molecule has 2 N–H and O–H groups in total. The lowest BCUT2D eigenvalue weighted by molar-refractivity contribution is -0.120. The summed E-state index contributed by atoms with van der Waals surface area (Å²) in [6.45, 7) is 2.83. The van der Waals surface area contributed by atoms with E-state index in [2.05, 4.69) is 26.6 Å². The van der Waals surface area contributed by atoms with Crippen molar-refractivity contribution in [1.29, 1.82) is 0 Å². The average Bonchev–Trinajstić information content (AvgIpc) is 2.70. The van der Waals surface area contributed by atoms with Crippen LogP contribution in [0.1, 0.15) is 13.3 Å².